The second kappa shape index (κ2) is 12.5. The van der Waals surface area contributed by atoms with Gasteiger partial charge < -0.3 is 24.1 Å². The van der Waals surface area contributed by atoms with Gasteiger partial charge in [-0.2, -0.15) is 5.10 Å². The molecule has 0 unspecified atom stereocenters. The van der Waals surface area contributed by atoms with Crippen LogP contribution in [0.2, 0.25) is 0 Å². The Hall–Kier alpha value is -3.28. The normalized spacial score (nSPS) is 10.5. The summed E-state index contributed by atoms with van der Waals surface area (Å²) < 4.78 is 22.2. The van der Waals surface area contributed by atoms with Gasteiger partial charge in [0.05, 0.1) is 23.5 Å². The molecule has 10 heteroatoms. The quantitative estimate of drug-likeness (QED) is 0.179. The fraction of sp³-hybridized carbons (Fsp3) is 0.227. The number of hydrogen-bond donors (Lipinski definition) is 2. The minimum atomic E-state index is -1.09. The molecule has 0 aliphatic rings. The Bertz CT molecular complexity index is 1010. The zero-order chi connectivity index (χ0) is 23.5. The highest BCUT2D eigenvalue weighted by Gasteiger charge is 2.14. The van der Waals surface area contributed by atoms with Gasteiger partial charge in [-0.15, -0.1) is 0 Å². The fourth-order valence-corrected chi connectivity index (χ4v) is 3.29. The molecule has 0 atom stereocenters. The lowest BCUT2D eigenvalue weighted by Crippen LogP contribution is -2.17. The number of ether oxygens (including phenoxy) is 4. The van der Waals surface area contributed by atoms with Crippen LogP contribution < -0.4 is 24.4 Å². The molecule has 0 bridgehead atoms. The summed E-state index contributed by atoms with van der Waals surface area (Å²) in [5, 5.41) is 12.8. The zero-order valence-electron chi connectivity index (χ0n) is 17.6. The lowest BCUT2D eigenvalue weighted by molar-refractivity contribution is -0.139. The van der Waals surface area contributed by atoms with E-state index >= 15 is 0 Å². The van der Waals surface area contributed by atoms with Gasteiger partial charge in [0, 0.05) is 5.56 Å². The first-order valence-electron chi connectivity index (χ1n) is 9.45. The second-order valence-corrected chi connectivity index (χ2v) is 7.27. The molecule has 0 aliphatic heterocycles. The van der Waals surface area contributed by atoms with Gasteiger partial charge in [0.25, 0.3) is 5.91 Å². The van der Waals surface area contributed by atoms with Gasteiger partial charge in [0.15, 0.2) is 29.6 Å². The van der Waals surface area contributed by atoms with Crippen LogP contribution in [0.25, 0.3) is 0 Å². The molecule has 2 N–H and O–H groups in total. The standard InChI is InChI=1S/C22H23IN2O7/c1-4-8-31-17-7-6-15(11-18(17)29-3)22(28)25-24-12-14-9-16(23)21(32-13-20(26)27)19(10-14)30-5-2/h4,6-7,9-12H,1,5,8,13H2,2-3H3,(H,25,28)(H,26,27)/b24-12+. The van der Waals surface area contributed by atoms with Crippen LogP contribution in [-0.4, -0.2) is 50.1 Å². The number of hydrazone groups is 1. The first kappa shape index (κ1) is 25.0. The second-order valence-electron chi connectivity index (χ2n) is 6.11. The molecule has 0 saturated heterocycles. The third-order valence-electron chi connectivity index (χ3n) is 3.83. The van der Waals surface area contributed by atoms with Crippen molar-refractivity contribution < 1.29 is 33.6 Å². The molecule has 2 rings (SSSR count). The summed E-state index contributed by atoms with van der Waals surface area (Å²) in [6, 6.07) is 8.15. The molecule has 2 aromatic rings. The van der Waals surface area contributed by atoms with E-state index in [2.05, 4.69) is 17.1 Å². The monoisotopic (exact) mass is 554 g/mol. The summed E-state index contributed by atoms with van der Waals surface area (Å²) in [5.74, 6) is 0.103. The maximum absolute atomic E-state index is 12.4. The Morgan fingerprint density at radius 2 is 1.94 bits per heavy atom. The number of carbonyl (C=O) groups is 2. The lowest BCUT2D eigenvalue weighted by atomic mass is 10.2. The van der Waals surface area contributed by atoms with Crippen molar-refractivity contribution in [3.63, 3.8) is 0 Å². The van der Waals surface area contributed by atoms with Crippen LogP contribution in [0.1, 0.15) is 22.8 Å². The Kier molecular flexibility index (Phi) is 9.79. The number of nitrogens with one attached hydrogen (secondary N) is 1. The third kappa shape index (κ3) is 7.15. The summed E-state index contributed by atoms with van der Waals surface area (Å²) in [6.45, 7) is 5.59. The number of benzene rings is 2. The van der Waals surface area contributed by atoms with Gasteiger partial charge >= 0.3 is 5.97 Å². The van der Waals surface area contributed by atoms with Crippen molar-refractivity contribution in [2.24, 2.45) is 5.10 Å². The molecular weight excluding hydrogens is 531 g/mol. The van der Waals surface area contributed by atoms with Gasteiger partial charge in [-0.1, -0.05) is 12.7 Å². The van der Waals surface area contributed by atoms with Crippen molar-refractivity contribution in [1.82, 2.24) is 5.43 Å². The predicted molar refractivity (Wildman–Crippen MR) is 127 cm³/mol. The van der Waals surface area contributed by atoms with E-state index < -0.39 is 18.5 Å². The van der Waals surface area contributed by atoms with Gasteiger partial charge in [-0.3, -0.25) is 4.79 Å². The Morgan fingerprint density at radius 1 is 1.16 bits per heavy atom. The number of amides is 1. The van der Waals surface area contributed by atoms with E-state index in [1.54, 1.807) is 43.3 Å². The average molecular weight is 554 g/mol. The van der Waals surface area contributed by atoms with E-state index in [0.29, 0.717) is 50.9 Å². The number of hydrogen-bond acceptors (Lipinski definition) is 7. The molecular formula is C22H23IN2O7. The molecule has 0 aliphatic carbocycles. The van der Waals surface area contributed by atoms with Gasteiger partial charge in [-0.25, -0.2) is 10.2 Å². The minimum Gasteiger partial charge on any atom is -0.493 e. The van der Waals surface area contributed by atoms with E-state index in [4.69, 9.17) is 24.1 Å². The molecule has 0 spiro atoms. The maximum atomic E-state index is 12.4. The highest BCUT2D eigenvalue weighted by atomic mass is 127. The Labute approximate surface area is 199 Å². The van der Waals surface area contributed by atoms with Crippen LogP contribution in [0.15, 0.2) is 48.1 Å². The smallest absolute Gasteiger partial charge is 0.341 e. The molecule has 1 amide bonds. The van der Waals surface area contributed by atoms with Crippen LogP contribution in [0.4, 0.5) is 0 Å². The first-order chi connectivity index (χ1) is 15.4. The Balaban J connectivity index is 2.13. The van der Waals surface area contributed by atoms with E-state index in [1.165, 1.54) is 13.3 Å². The number of halogens is 1. The van der Waals surface area contributed by atoms with Crippen molar-refractivity contribution in [2.45, 2.75) is 6.92 Å². The fourth-order valence-electron chi connectivity index (χ4n) is 2.51. The number of nitrogens with zero attached hydrogens (tertiary/aromatic N) is 1. The summed E-state index contributed by atoms with van der Waals surface area (Å²) >= 11 is 2.01. The zero-order valence-corrected chi connectivity index (χ0v) is 19.7. The minimum absolute atomic E-state index is 0.314. The summed E-state index contributed by atoms with van der Waals surface area (Å²) in [4.78, 5) is 23.2. The molecule has 0 aromatic heterocycles. The highest BCUT2D eigenvalue weighted by Crippen LogP contribution is 2.34. The van der Waals surface area contributed by atoms with Crippen molar-refractivity contribution in [3.8, 4) is 23.0 Å². The molecule has 0 saturated carbocycles. The van der Waals surface area contributed by atoms with E-state index in [9.17, 15) is 9.59 Å². The molecule has 9 nitrogen and oxygen atoms in total. The predicted octanol–water partition coefficient (Wildman–Crippen LogP) is 3.49. The molecule has 0 heterocycles. The number of rotatable bonds is 12. The average Bonchev–Trinajstić information content (AvgIpc) is 2.77. The van der Waals surface area contributed by atoms with E-state index in [1.807, 2.05) is 22.6 Å². The van der Waals surface area contributed by atoms with Crippen molar-refractivity contribution in [3.05, 3.63) is 57.7 Å². The van der Waals surface area contributed by atoms with Crippen LogP contribution in [0, 0.1) is 3.57 Å². The molecule has 0 radical (unpaired) electrons. The summed E-state index contributed by atoms with van der Waals surface area (Å²) in [7, 11) is 1.48. The van der Waals surface area contributed by atoms with Gasteiger partial charge in [-0.05, 0) is 65.4 Å². The number of aliphatic carboxylic acids is 1. The molecule has 32 heavy (non-hydrogen) atoms. The van der Waals surface area contributed by atoms with Crippen LogP contribution in [0.5, 0.6) is 23.0 Å². The lowest BCUT2D eigenvalue weighted by Gasteiger charge is -2.13. The van der Waals surface area contributed by atoms with Gasteiger partial charge in [0.2, 0.25) is 0 Å². The molecule has 0 fully saturated rings. The van der Waals surface area contributed by atoms with E-state index in [0.717, 1.165) is 0 Å². The Morgan fingerprint density at radius 3 is 2.59 bits per heavy atom. The maximum Gasteiger partial charge on any atom is 0.341 e. The van der Waals surface area contributed by atoms with E-state index in [-0.39, 0.29) is 0 Å². The first-order valence-corrected chi connectivity index (χ1v) is 10.5. The number of carbonyl (C=O) groups excluding carboxylic acids is 1. The SMILES string of the molecule is C=CCOc1ccc(C(=O)N/N=C/c2cc(I)c(OCC(=O)O)c(OCC)c2)cc1OC. The van der Waals surface area contributed by atoms with Crippen LogP contribution >= 0.6 is 22.6 Å². The highest BCUT2D eigenvalue weighted by molar-refractivity contribution is 14.1. The topological polar surface area (TPSA) is 116 Å². The van der Waals surface area contributed by atoms with Crippen molar-refractivity contribution >= 4 is 40.7 Å². The van der Waals surface area contributed by atoms with Gasteiger partial charge in [0.1, 0.15) is 6.61 Å². The number of carboxylic acids is 1. The van der Waals surface area contributed by atoms with Crippen molar-refractivity contribution in [1.29, 1.82) is 0 Å². The molecule has 170 valence electrons. The number of methoxy groups -OCH3 is 1. The summed E-state index contributed by atoms with van der Waals surface area (Å²) in [6.07, 6.45) is 3.06. The van der Waals surface area contributed by atoms with Crippen molar-refractivity contribution in [2.75, 3.05) is 26.9 Å². The van der Waals surface area contributed by atoms with Crippen LogP contribution in [-0.2, 0) is 4.79 Å². The largest absolute Gasteiger partial charge is 0.493 e. The molecule has 2 aromatic carbocycles. The van der Waals surface area contributed by atoms with Crippen LogP contribution in [0.3, 0.4) is 0 Å². The number of carboxylic acid groups (broad SMARTS) is 1. The third-order valence-corrected chi connectivity index (χ3v) is 4.64. The summed E-state index contributed by atoms with van der Waals surface area (Å²) in [5.41, 5.74) is 3.42.